The van der Waals surface area contributed by atoms with Crippen molar-refractivity contribution in [1.29, 1.82) is 0 Å². The number of urea groups is 1. The summed E-state index contributed by atoms with van der Waals surface area (Å²) in [5.74, 6) is 0.671. The molecule has 0 radical (unpaired) electrons. The number of piperazine rings is 1. The molecule has 0 unspecified atom stereocenters. The van der Waals surface area contributed by atoms with E-state index >= 15 is 0 Å². The maximum absolute atomic E-state index is 12.6. The summed E-state index contributed by atoms with van der Waals surface area (Å²) in [6.45, 7) is 4.07. The van der Waals surface area contributed by atoms with Gasteiger partial charge in [0.1, 0.15) is 5.75 Å². The molecule has 2 heterocycles. The molecule has 3 amide bonds. The predicted molar refractivity (Wildman–Crippen MR) is 108 cm³/mol. The first-order chi connectivity index (χ1) is 13.7. The van der Waals surface area contributed by atoms with E-state index in [1.165, 1.54) is 6.42 Å². The molecule has 2 aliphatic rings. The minimum Gasteiger partial charge on any atom is -0.484 e. The van der Waals surface area contributed by atoms with Crippen LogP contribution in [0.3, 0.4) is 0 Å². The number of carbonyl (C=O) groups excluding carboxylic acids is 2. The normalized spacial score (nSPS) is 17.6. The molecular formula is C22H27N3O3. The van der Waals surface area contributed by atoms with Crippen molar-refractivity contribution in [1.82, 2.24) is 14.7 Å². The fourth-order valence-corrected chi connectivity index (χ4v) is 3.93. The molecule has 2 aromatic rings. The van der Waals surface area contributed by atoms with E-state index < -0.39 is 0 Å². The quantitative estimate of drug-likeness (QED) is 0.821. The predicted octanol–water partition coefficient (Wildman–Crippen LogP) is 2.97. The van der Waals surface area contributed by atoms with Crippen molar-refractivity contribution >= 4 is 22.7 Å². The van der Waals surface area contributed by atoms with E-state index in [2.05, 4.69) is 6.07 Å². The largest absolute Gasteiger partial charge is 0.484 e. The third kappa shape index (κ3) is 4.21. The molecule has 2 aliphatic heterocycles. The molecule has 0 bridgehead atoms. The lowest BCUT2D eigenvalue weighted by molar-refractivity contribution is -0.134. The van der Waals surface area contributed by atoms with Gasteiger partial charge in [0.25, 0.3) is 5.91 Å². The van der Waals surface area contributed by atoms with E-state index in [1.807, 2.05) is 46.2 Å². The second kappa shape index (κ2) is 8.50. The summed E-state index contributed by atoms with van der Waals surface area (Å²) in [5.41, 5.74) is 0. The first kappa shape index (κ1) is 18.6. The fraction of sp³-hybridized carbons (Fsp3) is 0.455. The second-order valence-electron chi connectivity index (χ2n) is 7.50. The third-order valence-corrected chi connectivity index (χ3v) is 5.61. The van der Waals surface area contributed by atoms with E-state index in [9.17, 15) is 9.59 Å². The summed E-state index contributed by atoms with van der Waals surface area (Å²) in [6.07, 6.45) is 3.40. The van der Waals surface area contributed by atoms with E-state index in [-0.39, 0.29) is 18.5 Å². The number of hydrogen-bond donors (Lipinski definition) is 0. The highest BCUT2D eigenvalue weighted by Gasteiger charge is 2.27. The molecule has 6 nitrogen and oxygen atoms in total. The van der Waals surface area contributed by atoms with Crippen LogP contribution in [0.15, 0.2) is 42.5 Å². The molecule has 148 valence electrons. The van der Waals surface area contributed by atoms with Gasteiger partial charge in [0.05, 0.1) is 0 Å². The molecule has 0 aromatic heterocycles. The number of piperidine rings is 1. The molecule has 2 aromatic carbocycles. The highest BCUT2D eigenvalue weighted by atomic mass is 16.5. The first-order valence-electron chi connectivity index (χ1n) is 10.1. The summed E-state index contributed by atoms with van der Waals surface area (Å²) in [6, 6.07) is 14.0. The van der Waals surface area contributed by atoms with Crippen molar-refractivity contribution in [3.63, 3.8) is 0 Å². The lowest BCUT2D eigenvalue weighted by Crippen LogP contribution is -2.55. The number of amides is 3. The number of hydrogen-bond acceptors (Lipinski definition) is 3. The number of fused-ring (bicyclic) bond motifs is 1. The van der Waals surface area contributed by atoms with Gasteiger partial charge in [-0.15, -0.1) is 0 Å². The van der Waals surface area contributed by atoms with Crippen LogP contribution in [0.25, 0.3) is 10.8 Å². The van der Waals surface area contributed by atoms with E-state index in [0.717, 1.165) is 36.7 Å². The molecule has 2 fully saturated rings. The minimum absolute atomic E-state index is 0.0262. The monoisotopic (exact) mass is 381 g/mol. The molecule has 2 saturated heterocycles. The maximum atomic E-state index is 12.6. The Kier molecular flexibility index (Phi) is 5.65. The van der Waals surface area contributed by atoms with Gasteiger partial charge in [-0.25, -0.2) is 4.79 Å². The minimum atomic E-state index is -0.0294. The maximum Gasteiger partial charge on any atom is 0.320 e. The van der Waals surface area contributed by atoms with Gasteiger partial charge in [-0.1, -0.05) is 30.3 Å². The molecule has 4 rings (SSSR count). The average Bonchev–Trinajstić information content (AvgIpc) is 2.77. The van der Waals surface area contributed by atoms with Crippen molar-refractivity contribution in [2.24, 2.45) is 0 Å². The Balaban J connectivity index is 1.26. The Hall–Kier alpha value is -2.76. The molecule has 28 heavy (non-hydrogen) atoms. The van der Waals surface area contributed by atoms with Crippen LogP contribution in [-0.4, -0.2) is 72.5 Å². The van der Waals surface area contributed by atoms with Crippen LogP contribution in [-0.2, 0) is 4.79 Å². The highest BCUT2D eigenvalue weighted by Crippen LogP contribution is 2.20. The Labute approximate surface area is 165 Å². The van der Waals surface area contributed by atoms with Gasteiger partial charge in [-0.05, 0) is 42.2 Å². The van der Waals surface area contributed by atoms with Crippen LogP contribution in [0.4, 0.5) is 4.79 Å². The second-order valence-corrected chi connectivity index (χ2v) is 7.50. The van der Waals surface area contributed by atoms with Gasteiger partial charge < -0.3 is 19.4 Å². The van der Waals surface area contributed by atoms with Crippen molar-refractivity contribution in [3.05, 3.63) is 42.5 Å². The number of nitrogens with zero attached hydrogens (tertiary/aromatic N) is 3. The first-order valence-corrected chi connectivity index (χ1v) is 10.1. The number of rotatable bonds is 3. The van der Waals surface area contributed by atoms with E-state index in [4.69, 9.17) is 4.74 Å². The number of ether oxygens (including phenoxy) is 1. The lowest BCUT2D eigenvalue weighted by Gasteiger charge is -2.38. The van der Waals surface area contributed by atoms with Crippen LogP contribution in [0.5, 0.6) is 5.75 Å². The van der Waals surface area contributed by atoms with Crippen LogP contribution >= 0.6 is 0 Å². The zero-order chi connectivity index (χ0) is 19.3. The average molecular weight is 381 g/mol. The van der Waals surface area contributed by atoms with Gasteiger partial charge in [0.15, 0.2) is 6.61 Å². The Bertz CT molecular complexity index is 840. The number of benzene rings is 2. The van der Waals surface area contributed by atoms with E-state index in [1.54, 1.807) is 4.90 Å². The zero-order valence-electron chi connectivity index (χ0n) is 16.2. The van der Waals surface area contributed by atoms with Gasteiger partial charge >= 0.3 is 6.03 Å². The SMILES string of the molecule is O=C(COc1ccc2ccccc2c1)N1CCN(C(=O)N2CCCCC2)CC1. The molecule has 0 atom stereocenters. The Morgan fingerprint density at radius 2 is 1.39 bits per heavy atom. The summed E-state index contributed by atoms with van der Waals surface area (Å²) in [7, 11) is 0. The highest BCUT2D eigenvalue weighted by molar-refractivity contribution is 5.84. The van der Waals surface area contributed by atoms with Crippen LogP contribution in [0.2, 0.25) is 0 Å². The van der Waals surface area contributed by atoms with Gasteiger partial charge in [0, 0.05) is 39.3 Å². The Morgan fingerprint density at radius 3 is 2.14 bits per heavy atom. The lowest BCUT2D eigenvalue weighted by atomic mass is 10.1. The molecule has 6 heteroatoms. The van der Waals surface area contributed by atoms with Gasteiger partial charge in [-0.3, -0.25) is 4.79 Å². The standard InChI is InChI=1S/C22H27N3O3/c26-21(17-28-20-9-8-18-6-2-3-7-19(18)16-20)23-12-14-25(15-13-23)22(27)24-10-4-1-5-11-24/h2-3,6-9,16H,1,4-5,10-15,17H2. The molecule has 0 aliphatic carbocycles. The molecule has 0 N–H and O–H groups in total. The Morgan fingerprint density at radius 1 is 0.750 bits per heavy atom. The van der Waals surface area contributed by atoms with Crippen molar-refractivity contribution in [3.8, 4) is 5.75 Å². The van der Waals surface area contributed by atoms with Crippen LogP contribution in [0.1, 0.15) is 19.3 Å². The number of carbonyl (C=O) groups is 2. The van der Waals surface area contributed by atoms with Crippen molar-refractivity contribution in [2.75, 3.05) is 45.9 Å². The smallest absolute Gasteiger partial charge is 0.320 e. The summed E-state index contributed by atoms with van der Waals surface area (Å²) in [5, 5.41) is 2.24. The van der Waals surface area contributed by atoms with Gasteiger partial charge in [-0.2, -0.15) is 0 Å². The molecule has 0 spiro atoms. The fourth-order valence-electron chi connectivity index (χ4n) is 3.93. The zero-order valence-corrected chi connectivity index (χ0v) is 16.2. The topological polar surface area (TPSA) is 53.1 Å². The van der Waals surface area contributed by atoms with E-state index in [0.29, 0.717) is 31.9 Å². The molecule has 0 saturated carbocycles. The summed E-state index contributed by atoms with van der Waals surface area (Å²) >= 11 is 0. The molecular weight excluding hydrogens is 354 g/mol. The van der Waals surface area contributed by atoms with Gasteiger partial charge in [0.2, 0.25) is 0 Å². The van der Waals surface area contributed by atoms with Crippen molar-refractivity contribution < 1.29 is 14.3 Å². The van der Waals surface area contributed by atoms with Crippen LogP contribution in [0, 0.1) is 0 Å². The number of likely N-dealkylation sites (tertiary alicyclic amines) is 1. The summed E-state index contributed by atoms with van der Waals surface area (Å²) < 4.78 is 5.72. The van der Waals surface area contributed by atoms with Crippen molar-refractivity contribution in [2.45, 2.75) is 19.3 Å². The summed E-state index contributed by atoms with van der Waals surface area (Å²) in [4.78, 5) is 30.7. The van der Waals surface area contributed by atoms with Crippen LogP contribution < -0.4 is 4.74 Å². The third-order valence-electron chi connectivity index (χ3n) is 5.61.